The number of aliphatic carboxylic acids is 1. The van der Waals surface area contributed by atoms with Crippen molar-refractivity contribution in [1.82, 2.24) is 0 Å². The summed E-state index contributed by atoms with van der Waals surface area (Å²) in [6, 6.07) is 9.38. The van der Waals surface area contributed by atoms with Gasteiger partial charge in [-0.2, -0.15) is 0 Å². The van der Waals surface area contributed by atoms with Crippen LogP contribution < -0.4 is 4.74 Å². The highest BCUT2D eigenvalue weighted by Crippen LogP contribution is 2.21. The first-order valence-electron chi connectivity index (χ1n) is 7.57. The summed E-state index contributed by atoms with van der Waals surface area (Å²) in [5.74, 6) is -0.202. The third-order valence-corrected chi connectivity index (χ3v) is 3.47. The van der Waals surface area contributed by atoms with Crippen molar-refractivity contribution in [2.75, 3.05) is 6.61 Å². The van der Waals surface area contributed by atoms with Crippen LogP contribution in [0.25, 0.3) is 0 Å². The molecule has 2 atom stereocenters. The second kappa shape index (κ2) is 8.67. The zero-order valence-electron chi connectivity index (χ0n) is 13.2. The molecule has 1 aromatic carbocycles. The van der Waals surface area contributed by atoms with Gasteiger partial charge >= 0.3 is 5.97 Å². The molecule has 0 heterocycles. The van der Waals surface area contributed by atoms with Gasteiger partial charge in [-0.3, -0.25) is 0 Å². The Labute approximate surface area is 127 Å². The molecule has 0 fully saturated rings. The summed E-state index contributed by atoms with van der Waals surface area (Å²) in [5, 5.41) is 9.42. The van der Waals surface area contributed by atoms with Gasteiger partial charge in [-0.05, 0) is 32.4 Å². The number of rotatable bonds is 10. The topological polar surface area (TPSA) is 55.8 Å². The molecule has 21 heavy (non-hydrogen) atoms. The SMILES string of the molecule is CCCCC(C)OC(C)(CCOc1ccccc1)C(=O)O. The normalized spacial score (nSPS) is 15.2. The first kappa shape index (κ1) is 17.5. The fourth-order valence-corrected chi connectivity index (χ4v) is 2.09. The predicted octanol–water partition coefficient (Wildman–Crippen LogP) is 3.89. The molecule has 0 saturated carbocycles. The van der Waals surface area contributed by atoms with Gasteiger partial charge in [0.15, 0.2) is 5.60 Å². The second-order valence-corrected chi connectivity index (χ2v) is 5.52. The number of ether oxygens (including phenoxy) is 2. The zero-order valence-corrected chi connectivity index (χ0v) is 13.2. The zero-order chi connectivity index (χ0) is 15.7. The van der Waals surface area contributed by atoms with Gasteiger partial charge in [0, 0.05) is 6.42 Å². The minimum atomic E-state index is -1.21. The molecule has 1 aromatic rings. The average Bonchev–Trinajstić information content (AvgIpc) is 2.46. The smallest absolute Gasteiger partial charge is 0.335 e. The standard InChI is InChI=1S/C17H26O4/c1-4-5-9-14(2)21-17(3,16(18)19)12-13-20-15-10-7-6-8-11-15/h6-8,10-11,14H,4-5,9,12-13H2,1-3H3,(H,18,19). The summed E-state index contributed by atoms with van der Waals surface area (Å²) >= 11 is 0. The molecular formula is C17H26O4. The molecule has 1 N–H and O–H groups in total. The maximum absolute atomic E-state index is 11.5. The summed E-state index contributed by atoms with van der Waals surface area (Å²) in [7, 11) is 0. The lowest BCUT2D eigenvalue weighted by molar-refractivity contribution is -0.172. The van der Waals surface area contributed by atoms with E-state index in [1.54, 1.807) is 6.92 Å². The number of carboxylic acids is 1. The number of unbranched alkanes of at least 4 members (excludes halogenated alkanes) is 1. The van der Waals surface area contributed by atoms with Crippen molar-refractivity contribution in [2.24, 2.45) is 0 Å². The van der Waals surface area contributed by atoms with E-state index in [0.717, 1.165) is 25.0 Å². The van der Waals surface area contributed by atoms with Crippen molar-refractivity contribution in [1.29, 1.82) is 0 Å². The van der Waals surface area contributed by atoms with Crippen LogP contribution in [0.2, 0.25) is 0 Å². The first-order chi connectivity index (χ1) is 9.98. The van der Waals surface area contributed by atoms with E-state index in [1.807, 2.05) is 37.3 Å². The van der Waals surface area contributed by atoms with E-state index in [4.69, 9.17) is 9.47 Å². The predicted molar refractivity (Wildman–Crippen MR) is 82.7 cm³/mol. The minimum absolute atomic E-state index is 0.0669. The van der Waals surface area contributed by atoms with E-state index in [1.165, 1.54) is 0 Å². The molecular weight excluding hydrogens is 268 g/mol. The average molecular weight is 294 g/mol. The molecule has 0 bridgehead atoms. The van der Waals surface area contributed by atoms with Crippen LogP contribution in [0.4, 0.5) is 0 Å². The number of hydrogen-bond acceptors (Lipinski definition) is 3. The van der Waals surface area contributed by atoms with Crippen LogP contribution in [-0.2, 0) is 9.53 Å². The molecule has 4 nitrogen and oxygen atoms in total. The van der Waals surface area contributed by atoms with Gasteiger partial charge in [-0.15, -0.1) is 0 Å². The van der Waals surface area contributed by atoms with Crippen LogP contribution in [0.5, 0.6) is 5.75 Å². The van der Waals surface area contributed by atoms with Crippen molar-refractivity contribution in [2.45, 2.75) is 58.2 Å². The largest absolute Gasteiger partial charge is 0.493 e. The third-order valence-electron chi connectivity index (χ3n) is 3.47. The van der Waals surface area contributed by atoms with Gasteiger partial charge in [-0.1, -0.05) is 38.0 Å². The summed E-state index contributed by atoms with van der Waals surface area (Å²) in [4.78, 5) is 11.5. The van der Waals surface area contributed by atoms with Crippen molar-refractivity contribution in [3.63, 3.8) is 0 Å². The van der Waals surface area contributed by atoms with E-state index < -0.39 is 11.6 Å². The van der Waals surface area contributed by atoms with Crippen LogP contribution in [0, 0.1) is 0 Å². The van der Waals surface area contributed by atoms with Crippen LogP contribution >= 0.6 is 0 Å². The van der Waals surface area contributed by atoms with E-state index >= 15 is 0 Å². The van der Waals surface area contributed by atoms with Crippen molar-refractivity contribution in [3.05, 3.63) is 30.3 Å². The Morgan fingerprint density at radius 1 is 1.33 bits per heavy atom. The van der Waals surface area contributed by atoms with Gasteiger partial charge in [0.1, 0.15) is 5.75 Å². The molecule has 0 aliphatic heterocycles. The quantitative estimate of drug-likeness (QED) is 0.711. The van der Waals surface area contributed by atoms with E-state index in [-0.39, 0.29) is 6.10 Å². The Balaban J connectivity index is 2.49. The number of carbonyl (C=O) groups is 1. The molecule has 0 amide bonds. The maximum Gasteiger partial charge on any atom is 0.335 e. The fourth-order valence-electron chi connectivity index (χ4n) is 2.09. The Bertz CT molecular complexity index is 418. The van der Waals surface area contributed by atoms with Crippen molar-refractivity contribution < 1.29 is 19.4 Å². The van der Waals surface area contributed by atoms with Gasteiger partial charge in [0.25, 0.3) is 0 Å². The van der Waals surface area contributed by atoms with Gasteiger partial charge in [0.05, 0.1) is 12.7 Å². The van der Waals surface area contributed by atoms with Crippen LogP contribution in [0.1, 0.15) is 46.5 Å². The molecule has 0 aliphatic rings. The van der Waals surface area contributed by atoms with Gasteiger partial charge in [-0.25, -0.2) is 4.79 Å². The fraction of sp³-hybridized carbons (Fsp3) is 0.588. The monoisotopic (exact) mass is 294 g/mol. The molecule has 0 aromatic heterocycles. The maximum atomic E-state index is 11.5. The number of carboxylic acid groups (broad SMARTS) is 1. The Morgan fingerprint density at radius 2 is 2.00 bits per heavy atom. The van der Waals surface area contributed by atoms with E-state index in [2.05, 4.69) is 6.92 Å². The van der Waals surface area contributed by atoms with Gasteiger partial charge < -0.3 is 14.6 Å². The van der Waals surface area contributed by atoms with Crippen LogP contribution in [-0.4, -0.2) is 29.4 Å². The van der Waals surface area contributed by atoms with E-state index in [9.17, 15) is 9.90 Å². The third kappa shape index (κ3) is 6.17. The Morgan fingerprint density at radius 3 is 2.57 bits per heavy atom. The lowest BCUT2D eigenvalue weighted by Crippen LogP contribution is -2.42. The molecule has 0 aliphatic carbocycles. The van der Waals surface area contributed by atoms with Crippen LogP contribution in [0.3, 0.4) is 0 Å². The second-order valence-electron chi connectivity index (χ2n) is 5.52. The summed E-state index contributed by atoms with van der Waals surface area (Å²) in [5.41, 5.74) is -1.21. The highest BCUT2D eigenvalue weighted by molar-refractivity contribution is 5.76. The molecule has 0 saturated heterocycles. The highest BCUT2D eigenvalue weighted by Gasteiger charge is 2.35. The number of hydrogen-bond donors (Lipinski definition) is 1. The molecule has 2 unspecified atom stereocenters. The molecule has 4 heteroatoms. The highest BCUT2D eigenvalue weighted by atomic mass is 16.5. The van der Waals surface area contributed by atoms with E-state index in [0.29, 0.717) is 13.0 Å². The summed E-state index contributed by atoms with van der Waals surface area (Å²) in [6.45, 7) is 5.96. The van der Waals surface area contributed by atoms with Crippen molar-refractivity contribution in [3.8, 4) is 5.75 Å². The molecule has 118 valence electrons. The summed E-state index contributed by atoms with van der Waals surface area (Å²) < 4.78 is 11.3. The lowest BCUT2D eigenvalue weighted by atomic mass is 10.0. The molecule has 0 radical (unpaired) electrons. The molecule has 1 rings (SSSR count). The summed E-state index contributed by atoms with van der Waals surface area (Å²) in [6.07, 6.45) is 3.24. The molecule has 0 spiro atoms. The Hall–Kier alpha value is -1.55. The van der Waals surface area contributed by atoms with Gasteiger partial charge in [0.2, 0.25) is 0 Å². The lowest BCUT2D eigenvalue weighted by Gasteiger charge is -2.29. The van der Waals surface area contributed by atoms with Crippen LogP contribution in [0.15, 0.2) is 30.3 Å². The Kier molecular flexibility index (Phi) is 7.23. The number of para-hydroxylation sites is 1. The first-order valence-corrected chi connectivity index (χ1v) is 7.57. The minimum Gasteiger partial charge on any atom is -0.493 e. The number of benzene rings is 1. The van der Waals surface area contributed by atoms with Crippen molar-refractivity contribution >= 4 is 5.97 Å².